The Kier molecular flexibility index (Phi) is 20.7. The zero-order valence-electron chi connectivity index (χ0n) is 10.6. The topological polar surface area (TPSA) is 40.5 Å². The standard InChI is InChI=1S/C4H10O2.2C4H9.Sn/c1-4(6)2-3-5;2*1-3-4-2;/h4-6H,2-3H2,1H3;2*1,3-4H2,2H3;. The van der Waals surface area contributed by atoms with Gasteiger partial charge in [-0.25, -0.2) is 0 Å². The van der Waals surface area contributed by atoms with Crippen molar-refractivity contribution >= 4 is 21.1 Å². The quantitative estimate of drug-likeness (QED) is 0.533. The van der Waals surface area contributed by atoms with E-state index in [1.807, 2.05) is 0 Å². The first-order valence-corrected chi connectivity index (χ1v) is 10.2. The summed E-state index contributed by atoms with van der Waals surface area (Å²) in [6, 6.07) is 0. The second kappa shape index (κ2) is 17.1. The van der Waals surface area contributed by atoms with Crippen LogP contribution in [0.2, 0.25) is 8.87 Å². The van der Waals surface area contributed by atoms with Crippen LogP contribution < -0.4 is 0 Å². The van der Waals surface area contributed by atoms with Crippen molar-refractivity contribution < 1.29 is 10.2 Å². The van der Waals surface area contributed by atoms with E-state index in [0.717, 1.165) is 0 Å². The van der Waals surface area contributed by atoms with E-state index in [-0.39, 0.29) is 33.9 Å². The Morgan fingerprint density at radius 1 is 1.07 bits per heavy atom. The van der Waals surface area contributed by atoms with Gasteiger partial charge in [0.2, 0.25) is 0 Å². The Labute approximate surface area is 106 Å². The Hall–Kier alpha value is 0.719. The van der Waals surface area contributed by atoms with E-state index in [1.54, 1.807) is 15.8 Å². The van der Waals surface area contributed by atoms with Crippen molar-refractivity contribution in [2.45, 2.75) is 67.9 Å². The summed E-state index contributed by atoms with van der Waals surface area (Å²) in [6.07, 6.45) is 5.97. The molecule has 0 aromatic heterocycles. The minimum absolute atomic E-state index is 0.0810. The summed E-state index contributed by atoms with van der Waals surface area (Å²) in [5.41, 5.74) is 0. The number of rotatable bonds is 8. The average molecular weight is 323 g/mol. The fraction of sp³-hybridized carbons (Fsp3) is 1.00. The van der Waals surface area contributed by atoms with Crippen LogP contribution in [0.15, 0.2) is 0 Å². The van der Waals surface area contributed by atoms with Gasteiger partial charge >= 0.3 is 69.5 Å². The van der Waals surface area contributed by atoms with Crippen LogP contribution in [0.1, 0.15) is 52.9 Å². The number of hydrogen-bond acceptors (Lipinski definition) is 2. The Morgan fingerprint density at radius 3 is 1.73 bits per heavy atom. The van der Waals surface area contributed by atoms with Gasteiger partial charge in [0, 0.05) is 6.61 Å². The molecule has 0 saturated heterocycles. The van der Waals surface area contributed by atoms with Crippen LogP contribution in [0, 0.1) is 0 Å². The van der Waals surface area contributed by atoms with Gasteiger partial charge in [-0.3, -0.25) is 0 Å². The van der Waals surface area contributed by atoms with Gasteiger partial charge in [0.25, 0.3) is 0 Å². The number of aliphatic hydroxyl groups is 2. The zero-order valence-corrected chi connectivity index (χ0v) is 13.5. The third kappa shape index (κ3) is 25.2. The van der Waals surface area contributed by atoms with Gasteiger partial charge in [0.15, 0.2) is 0 Å². The van der Waals surface area contributed by atoms with Crippen LogP contribution in [0.25, 0.3) is 0 Å². The van der Waals surface area contributed by atoms with Gasteiger partial charge in [0.1, 0.15) is 0 Å². The van der Waals surface area contributed by atoms with Crippen molar-refractivity contribution in [2.75, 3.05) is 6.61 Å². The van der Waals surface area contributed by atoms with Gasteiger partial charge < -0.3 is 10.2 Å². The number of hydrogen-bond donors (Lipinski definition) is 2. The van der Waals surface area contributed by atoms with E-state index in [9.17, 15) is 0 Å². The number of aliphatic hydroxyl groups excluding tert-OH is 2. The van der Waals surface area contributed by atoms with Crippen LogP contribution in [0.3, 0.4) is 0 Å². The molecule has 15 heavy (non-hydrogen) atoms. The van der Waals surface area contributed by atoms with Crippen LogP contribution in [-0.4, -0.2) is 44.1 Å². The molecule has 0 aliphatic carbocycles. The molecule has 0 saturated carbocycles. The molecule has 0 aromatic carbocycles. The SMILES string of the molecule is CC(O)CCO.CCC[CH2][Sn][CH2]CCC. The molecule has 0 spiro atoms. The van der Waals surface area contributed by atoms with Crippen LogP contribution in [0.4, 0.5) is 0 Å². The molecule has 1 atom stereocenters. The molecular formula is C12H28O2Sn. The van der Waals surface area contributed by atoms with Gasteiger partial charge in [-0.05, 0) is 13.3 Å². The van der Waals surface area contributed by atoms with Crippen LogP contribution >= 0.6 is 0 Å². The van der Waals surface area contributed by atoms with E-state index < -0.39 is 0 Å². The third-order valence-corrected chi connectivity index (χ3v) is 6.00. The first-order valence-electron chi connectivity index (χ1n) is 6.18. The van der Waals surface area contributed by atoms with Crippen molar-refractivity contribution in [2.24, 2.45) is 0 Å². The molecule has 0 bridgehead atoms. The van der Waals surface area contributed by atoms with Crippen LogP contribution in [0.5, 0.6) is 0 Å². The molecule has 2 nitrogen and oxygen atoms in total. The second-order valence-corrected chi connectivity index (χ2v) is 8.10. The normalized spacial score (nSPS) is 11.8. The molecule has 0 amide bonds. The molecular weight excluding hydrogens is 295 g/mol. The Morgan fingerprint density at radius 2 is 1.53 bits per heavy atom. The van der Waals surface area contributed by atoms with Crippen molar-refractivity contribution in [1.29, 1.82) is 0 Å². The second-order valence-electron chi connectivity index (χ2n) is 3.82. The summed E-state index contributed by atoms with van der Waals surface area (Å²) in [4.78, 5) is 0. The Bertz CT molecular complexity index is 91.6. The predicted octanol–water partition coefficient (Wildman–Crippen LogP) is 2.88. The fourth-order valence-corrected chi connectivity index (χ4v) is 5.07. The maximum absolute atomic E-state index is 8.39. The fourth-order valence-electron chi connectivity index (χ4n) is 0.915. The van der Waals surface area contributed by atoms with Gasteiger partial charge in [0.05, 0.1) is 6.10 Å². The molecule has 0 aliphatic heterocycles. The summed E-state index contributed by atoms with van der Waals surface area (Å²) in [5, 5.41) is 16.5. The van der Waals surface area contributed by atoms with Crippen molar-refractivity contribution in [3.8, 4) is 0 Å². The molecule has 0 rings (SSSR count). The number of unbranched alkanes of at least 4 members (excludes halogenated alkanes) is 2. The molecule has 0 aromatic rings. The average Bonchev–Trinajstić information content (AvgIpc) is 2.18. The van der Waals surface area contributed by atoms with E-state index in [4.69, 9.17) is 10.2 Å². The minimum atomic E-state index is -0.352. The molecule has 2 radical (unpaired) electrons. The van der Waals surface area contributed by atoms with Gasteiger partial charge in [-0.2, -0.15) is 0 Å². The molecule has 0 aliphatic rings. The first kappa shape index (κ1) is 18.1. The van der Waals surface area contributed by atoms with E-state index >= 15 is 0 Å². The summed E-state index contributed by atoms with van der Waals surface area (Å²) in [6.45, 7) is 6.31. The summed E-state index contributed by atoms with van der Waals surface area (Å²) >= 11 is 0.149. The zero-order chi connectivity index (χ0) is 11.9. The molecule has 3 heteroatoms. The van der Waals surface area contributed by atoms with E-state index in [1.165, 1.54) is 25.7 Å². The monoisotopic (exact) mass is 324 g/mol. The first-order chi connectivity index (χ1) is 7.18. The van der Waals surface area contributed by atoms with Crippen LogP contribution in [-0.2, 0) is 0 Å². The van der Waals surface area contributed by atoms with E-state index in [0.29, 0.717) is 6.42 Å². The van der Waals surface area contributed by atoms with E-state index in [2.05, 4.69) is 13.8 Å². The summed E-state index contributed by atoms with van der Waals surface area (Å²) in [7, 11) is 0. The molecule has 0 heterocycles. The molecule has 1 unspecified atom stereocenters. The van der Waals surface area contributed by atoms with Crippen molar-refractivity contribution in [1.82, 2.24) is 0 Å². The molecule has 2 N–H and O–H groups in total. The van der Waals surface area contributed by atoms with Crippen molar-refractivity contribution in [3.05, 3.63) is 0 Å². The molecule has 92 valence electrons. The van der Waals surface area contributed by atoms with Gasteiger partial charge in [-0.1, -0.05) is 0 Å². The predicted molar refractivity (Wildman–Crippen MR) is 68.6 cm³/mol. The van der Waals surface area contributed by atoms with Crippen molar-refractivity contribution in [3.63, 3.8) is 0 Å². The third-order valence-electron chi connectivity index (χ3n) is 1.96. The van der Waals surface area contributed by atoms with Gasteiger partial charge in [-0.15, -0.1) is 0 Å². The maximum atomic E-state index is 8.39. The Balaban J connectivity index is 0. The summed E-state index contributed by atoms with van der Waals surface area (Å²) < 4.78 is 3.25. The molecule has 0 fully saturated rings. The summed E-state index contributed by atoms with van der Waals surface area (Å²) in [5.74, 6) is 0.